The van der Waals surface area contributed by atoms with Gasteiger partial charge in [0.05, 0.1) is 13.2 Å². The third-order valence-corrected chi connectivity index (χ3v) is 3.30. The van der Waals surface area contributed by atoms with Gasteiger partial charge in [-0.25, -0.2) is 9.97 Å². The van der Waals surface area contributed by atoms with E-state index in [1.165, 1.54) is 0 Å². The van der Waals surface area contributed by atoms with Crippen molar-refractivity contribution in [1.82, 2.24) is 14.9 Å². The van der Waals surface area contributed by atoms with Crippen molar-refractivity contribution in [2.75, 3.05) is 43.9 Å². The largest absolute Gasteiger partial charge is 0.384 e. The molecule has 1 aromatic heterocycles. The predicted molar refractivity (Wildman–Crippen MR) is 80.8 cm³/mol. The molecular weight excluding hydrogens is 254 g/mol. The minimum absolute atomic E-state index is 0.317. The lowest BCUT2D eigenvalue weighted by atomic mass is 10.2. The molecular formula is C14H25N5O. The summed E-state index contributed by atoms with van der Waals surface area (Å²) in [5.74, 6) is 2.17. The quantitative estimate of drug-likeness (QED) is 0.813. The molecule has 0 amide bonds. The van der Waals surface area contributed by atoms with Crippen molar-refractivity contribution in [3.05, 3.63) is 11.9 Å². The molecule has 20 heavy (non-hydrogen) atoms. The Labute approximate surface area is 120 Å². The number of nitrogen functional groups attached to an aromatic ring is 1. The van der Waals surface area contributed by atoms with Crippen molar-refractivity contribution in [2.45, 2.75) is 32.7 Å². The highest BCUT2D eigenvalue weighted by Crippen LogP contribution is 2.11. The van der Waals surface area contributed by atoms with Gasteiger partial charge in [0.25, 0.3) is 0 Å². The highest BCUT2D eigenvalue weighted by atomic mass is 16.5. The minimum Gasteiger partial charge on any atom is -0.384 e. The number of aryl methyl sites for hydroxylation is 1. The number of ether oxygens (including phenoxy) is 1. The fraction of sp³-hybridized carbons (Fsp3) is 0.714. The van der Waals surface area contributed by atoms with Crippen LogP contribution in [0.25, 0.3) is 0 Å². The zero-order chi connectivity index (χ0) is 14.4. The second kappa shape index (κ2) is 7.40. The first-order chi connectivity index (χ1) is 9.67. The predicted octanol–water partition coefficient (Wildman–Crippen LogP) is 1.14. The molecule has 1 aromatic rings. The van der Waals surface area contributed by atoms with E-state index in [1.807, 2.05) is 0 Å². The average molecular weight is 279 g/mol. The molecule has 0 spiro atoms. The Kier molecular flexibility index (Phi) is 5.55. The van der Waals surface area contributed by atoms with Crippen LogP contribution in [0.3, 0.4) is 0 Å². The van der Waals surface area contributed by atoms with E-state index in [9.17, 15) is 0 Å². The molecule has 112 valence electrons. The van der Waals surface area contributed by atoms with Crippen molar-refractivity contribution in [3.63, 3.8) is 0 Å². The molecule has 6 heteroatoms. The summed E-state index contributed by atoms with van der Waals surface area (Å²) in [5.41, 5.74) is 5.83. The van der Waals surface area contributed by atoms with Gasteiger partial charge in [-0.1, -0.05) is 6.92 Å². The summed E-state index contributed by atoms with van der Waals surface area (Å²) in [5, 5.41) is 3.42. The first-order valence-electron chi connectivity index (χ1n) is 7.37. The van der Waals surface area contributed by atoms with Crippen LogP contribution in [0.15, 0.2) is 6.07 Å². The Morgan fingerprint density at radius 1 is 1.40 bits per heavy atom. The second-order valence-corrected chi connectivity index (χ2v) is 5.30. The monoisotopic (exact) mass is 279 g/mol. The number of rotatable bonds is 6. The average Bonchev–Trinajstić information content (AvgIpc) is 2.39. The molecule has 0 aromatic carbocycles. The SMILES string of the molecule is CCCc1nc(N)cc(NC(C)CN2CCOCC2)n1. The fourth-order valence-electron chi connectivity index (χ4n) is 2.40. The zero-order valence-corrected chi connectivity index (χ0v) is 12.4. The van der Waals surface area contributed by atoms with Crippen LogP contribution in [0.4, 0.5) is 11.6 Å². The molecule has 1 aliphatic rings. The highest BCUT2D eigenvalue weighted by Gasteiger charge is 2.14. The van der Waals surface area contributed by atoms with Crippen molar-refractivity contribution < 1.29 is 4.74 Å². The number of hydrogen-bond donors (Lipinski definition) is 2. The number of anilines is 2. The van der Waals surface area contributed by atoms with Crippen LogP contribution in [-0.4, -0.2) is 53.8 Å². The molecule has 0 saturated carbocycles. The number of nitrogens with one attached hydrogen (secondary N) is 1. The molecule has 2 rings (SSSR count). The third-order valence-electron chi connectivity index (χ3n) is 3.30. The third kappa shape index (κ3) is 4.61. The van der Waals surface area contributed by atoms with Crippen LogP contribution >= 0.6 is 0 Å². The van der Waals surface area contributed by atoms with Gasteiger partial charge in [-0.3, -0.25) is 4.90 Å². The summed E-state index contributed by atoms with van der Waals surface area (Å²) >= 11 is 0. The van der Waals surface area contributed by atoms with Gasteiger partial charge in [0.15, 0.2) is 0 Å². The Hall–Kier alpha value is -1.40. The van der Waals surface area contributed by atoms with E-state index in [4.69, 9.17) is 10.5 Å². The van der Waals surface area contributed by atoms with Gasteiger partial charge < -0.3 is 15.8 Å². The lowest BCUT2D eigenvalue weighted by Gasteiger charge is -2.29. The van der Waals surface area contributed by atoms with Crippen molar-refractivity contribution >= 4 is 11.6 Å². The van der Waals surface area contributed by atoms with Gasteiger partial charge in [-0.2, -0.15) is 0 Å². The highest BCUT2D eigenvalue weighted by molar-refractivity contribution is 5.45. The summed E-state index contributed by atoms with van der Waals surface area (Å²) < 4.78 is 5.36. The van der Waals surface area contributed by atoms with Crippen molar-refractivity contribution in [2.24, 2.45) is 0 Å². The van der Waals surface area contributed by atoms with Gasteiger partial charge in [0.1, 0.15) is 17.5 Å². The molecule has 1 unspecified atom stereocenters. The van der Waals surface area contributed by atoms with Gasteiger partial charge in [-0.15, -0.1) is 0 Å². The van der Waals surface area contributed by atoms with Crippen LogP contribution in [-0.2, 0) is 11.2 Å². The van der Waals surface area contributed by atoms with Crippen molar-refractivity contribution in [1.29, 1.82) is 0 Å². The standard InChI is InChI=1S/C14H25N5O/c1-3-4-13-17-12(15)9-14(18-13)16-11(2)10-19-5-7-20-8-6-19/h9,11H,3-8,10H2,1-2H3,(H3,15,16,17,18). The van der Waals surface area contributed by atoms with Gasteiger partial charge in [0.2, 0.25) is 0 Å². The molecule has 6 nitrogen and oxygen atoms in total. The summed E-state index contributed by atoms with van der Waals surface area (Å²) in [6.07, 6.45) is 1.88. The topological polar surface area (TPSA) is 76.3 Å². The number of hydrogen-bond acceptors (Lipinski definition) is 6. The molecule has 0 radical (unpaired) electrons. The van der Waals surface area contributed by atoms with Gasteiger partial charge in [-0.05, 0) is 13.3 Å². The van der Waals surface area contributed by atoms with Gasteiger partial charge in [0, 0.05) is 38.2 Å². The molecule has 0 aliphatic carbocycles. The number of aromatic nitrogens is 2. The van der Waals surface area contributed by atoms with E-state index in [0.29, 0.717) is 11.9 Å². The maximum atomic E-state index is 5.83. The Balaban J connectivity index is 1.90. The van der Waals surface area contributed by atoms with Crippen LogP contribution < -0.4 is 11.1 Å². The molecule has 2 heterocycles. The molecule has 1 atom stereocenters. The minimum atomic E-state index is 0.317. The number of morpholine rings is 1. The van der Waals surface area contributed by atoms with Crippen molar-refractivity contribution in [3.8, 4) is 0 Å². The first kappa shape index (κ1) is 15.0. The lowest BCUT2D eigenvalue weighted by Crippen LogP contribution is -2.42. The Bertz CT molecular complexity index is 420. The molecule has 1 saturated heterocycles. The number of nitrogens with zero attached hydrogens (tertiary/aromatic N) is 3. The van der Waals surface area contributed by atoms with Gasteiger partial charge >= 0.3 is 0 Å². The summed E-state index contributed by atoms with van der Waals surface area (Å²) in [4.78, 5) is 11.2. The molecule has 1 fully saturated rings. The smallest absolute Gasteiger partial charge is 0.133 e. The van der Waals surface area contributed by atoms with Crippen LogP contribution in [0.1, 0.15) is 26.1 Å². The fourth-order valence-corrected chi connectivity index (χ4v) is 2.40. The molecule has 0 bridgehead atoms. The van der Waals surface area contributed by atoms with E-state index < -0.39 is 0 Å². The summed E-state index contributed by atoms with van der Waals surface area (Å²) in [6, 6.07) is 2.12. The van der Waals surface area contributed by atoms with E-state index in [2.05, 4.69) is 34.0 Å². The molecule has 1 aliphatic heterocycles. The Morgan fingerprint density at radius 2 is 2.15 bits per heavy atom. The maximum absolute atomic E-state index is 5.83. The summed E-state index contributed by atoms with van der Waals surface area (Å²) in [6.45, 7) is 8.91. The maximum Gasteiger partial charge on any atom is 0.133 e. The zero-order valence-electron chi connectivity index (χ0n) is 12.4. The Morgan fingerprint density at radius 3 is 2.85 bits per heavy atom. The molecule has 3 N–H and O–H groups in total. The normalized spacial score (nSPS) is 17.9. The summed E-state index contributed by atoms with van der Waals surface area (Å²) in [7, 11) is 0. The first-order valence-corrected chi connectivity index (χ1v) is 7.37. The van der Waals surface area contributed by atoms with E-state index in [0.717, 1.165) is 57.3 Å². The second-order valence-electron chi connectivity index (χ2n) is 5.30. The number of nitrogens with two attached hydrogens (primary N) is 1. The lowest BCUT2D eigenvalue weighted by molar-refractivity contribution is 0.0368. The van der Waals surface area contributed by atoms with Crippen LogP contribution in [0, 0.1) is 0 Å². The van der Waals surface area contributed by atoms with E-state index >= 15 is 0 Å². The van der Waals surface area contributed by atoms with Crippen LogP contribution in [0.5, 0.6) is 0 Å². The van der Waals surface area contributed by atoms with E-state index in [1.54, 1.807) is 6.07 Å². The van der Waals surface area contributed by atoms with Crippen LogP contribution in [0.2, 0.25) is 0 Å². The van der Waals surface area contributed by atoms with E-state index in [-0.39, 0.29) is 0 Å².